The number of rotatable bonds is 5. The maximum absolute atomic E-state index is 12.3. The van der Waals surface area contributed by atoms with E-state index in [0.717, 1.165) is 18.4 Å². The molecule has 1 fully saturated rings. The molecular formula is C16H16ClNO4S. The first-order valence-corrected chi connectivity index (χ1v) is 9.01. The van der Waals surface area contributed by atoms with Gasteiger partial charge in [-0.05, 0) is 43.5 Å². The third-order valence-electron chi connectivity index (χ3n) is 3.50. The van der Waals surface area contributed by atoms with Crippen molar-refractivity contribution in [2.45, 2.75) is 30.7 Å². The molecule has 1 aliphatic carbocycles. The molecule has 1 saturated carbocycles. The lowest BCUT2D eigenvalue weighted by molar-refractivity contribution is 0.447. The number of para-hydroxylation sites is 1. The van der Waals surface area contributed by atoms with Crippen LogP contribution in [0.25, 0.3) is 0 Å². The number of sulfonamides is 1. The average Bonchev–Trinajstić information content (AvgIpc) is 3.28. The number of phenolic OH excluding ortho intramolecular Hbond substituents is 1. The number of benzene rings is 2. The zero-order chi connectivity index (χ0) is 16.6. The third-order valence-corrected chi connectivity index (χ3v) is 5.35. The highest BCUT2D eigenvalue weighted by molar-refractivity contribution is 7.89. The van der Waals surface area contributed by atoms with E-state index in [0.29, 0.717) is 10.8 Å². The molecule has 0 bridgehead atoms. The Morgan fingerprint density at radius 3 is 2.65 bits per heavy atom. The number of aryl methyl sites for hydroxylation is 1. The molecule has 0 heterocycles. The molecule has 7 heteroatoms. The highest BCUT2D eigenvalue weighted by atomic mass is 35.5. The zero-order valence-corrected chi connectivity index (χ0v) is 14.0. The summed E-state index contributed by atoms with van der Waals surface area (Å²) in [6, 6.07) is 9.37. The van der Waals surface area contributed by atoms with Gasteiger partial charge in [-0.25, -0.2) is 13.1 Å². The molecule has 1 aliphatic rings. The van der Waals surface area contributed by atoms with Crippen LogP contribution in [0, 0.1) is 6.92 Å². The van der Waals surface area contributed by atoms with Gasteiger partial charge >= 0.3 is 0 Å². The summed E-state index contributed by atoms with van der Waals surface area (Å²) in [5.74, 6) is 0.426. The molecule has 0 aromatic heterocycles. The van der Waals surface area contributed by atoms with Crippen molar-refractivity contribution in [1.29, 1.82) is 0 Å². The molecule has 0 atom stereocenters. The quantitative estimate of drug-likeness (QED) is 0.861. The van der Waals surface area contributed by atoms with E-state index in [-0.39, 0.29) is 22.4 Å². The molecule has 23 heavy (non-hydrogen) atoms. The van der Waals surface area contributed by atoms with E-state index in [1.54, 1.807) is 12.1 Å². The van der Waals surface area contributed by atoms with E-state index >= 15 is 0 Å². The largest absolute Gasteiger partial charge is 0.507 e. The molecule has 0 unspecified atom stereocenters. The van der Waals surface area contributed by atoms with Crippen LogP contribution in [0.3, 0.4) is 0 Å². The van der Waals surface area contributed by atoms with E-state index in [1.807, 2.05) is 13.0 Å². The van der Waals surface area contributed by atoms with Crippen LogP contribution in [-0.4, -0.2) is 19.6 Å². The van der Waals surface area contributed by atoms with Gasteiger partial charge in [-0.1, -0.05) is 23.7 Å². The summed E-state index contributed by atoms with van der Waals surface area (Å²) in [6.45, 7) is 1.84. The highest BCUT2D eigenvalue weighted by Gasteiger charge is 2.29. The topological polar surface area (TPSA) is 75.6 Å². The van der Waals surface area contributed by atoms with Gasteiger partial charge in [0, 0.05) is 12.1 Å². The molecule has 5 nitrogen and oxygen atoms in total. The summed E-state index contributed by atoms with van der Waals surface area (Å²) in [6.07, 6.45) is 1.63. The summed E-state index contributed by atoms with van der Waals surface area (Å²) in [5.41, 5.74) is 0.825. The first-order valence-electron chi connectivity index (χ1n) is 7.15. The normalized spacial score (nSPS) is 14.7. The third kappa shape index (κ3) is 3.60. The number of halogens is 1. The summed E-state index contributed by atoms with van der Waals surface area (Å²) in [5, 5.41) is 10.3. The Morgan fingerprint density at radius 1 is 1.26 bits per heavy atom. The molecule has 0 spiro atoms. The van der Waals surface area contributed by atoms with Crippen LogP contribution in [0.5, 0.6) is 17.2 Å². The fraction of sp³-hybridized carbons (Fsp3) is 0.250. The van der Waals surface area contributed by atoms with E-state index in [2.05, 4.69) is 4.72 Å². The van der Waals surface area contributed by atoms with Crippen molar-refractivity contribution in [3.05, 3.63) is 47.0 Å². The van der Waals surface area contributed by atoms with Crippen LogP contribution in [0.1, 0.15) is 18.4 Å². The summed E-state index contributed by atoms with van der Waals surface area (Å²) >= 11 is 6.11. The fourth-order valence-electron chi connectivity index (χ4n) is 2.12. The van der Waals surface area contributed by atoms with Crippen molar-refractivity contribution >= 4 is 21.6 Å². The average molecular weight is 354 g/mol. The molecule has 3 rings (SSSR count). The summed E-state index contributed by atoms with van der Waals surface area (Å²) < 4.78 is 32.8. The van der Waals surface area contributed by atoms with Crippen LogP contribution in [0.2, 0.25) is 5.02 Å². The van der Waals surface area contributed by atoms with Crippen LogP contribution < -0.4 is 9.46 Å². The van der Waals surface area contributed by atoms with Gasteiger partial charge in [-0.15, -0.1) is 0 Å². The van der Waals surface area contributed by atoms with Gasteiger partial charge in [0.1, 0.15) is 22.1 Å². The van der Waals surface area contributed by atoms with Crippen molar-refractivity contribution in [3.8, 4) is 17.2 Å². The second-order valence-electron chi connectivity index (χ2n) is 5.51. The van der Waals surface area contributed by atoms with Crippen LogP contribution in [-0.2, 0) is 10.0 Å². The number of hydrogen-bond donors (Lipinski definition) is 2. The Morgan fingerprint density at radius 2 is 2.00 bits per heavy atom. The van der Waals surface area contributed by atoms with E-state index in [4.69, 9.17) is 16.3 Å². The van der Waals surface area contributed by atoms with Gasteiger partial charge in [-0.3, -0.25) is 0 Å². The smallest absolute Gasteiger partial charge is 0.244 e. The number of ether oxygens (including phenoxy) is 1. The van der Waals surface area contributed by atoms with Gasteiger partial charge in [0.15, 0.2) is 0 Å². The monoisotopic (exact) mass is 353 g/mol. The maximum atomic E-state index is 12.3. The van der Waals surface area contributed by atoms with Crippen LogP contribution in [0.4, 0.5) is 0 Å². The van der Waals surface area contributed by atoms with Crippen molar-refractivity contribution in [3.63, 3.8) is 0 Å². The number of nitrogens with one attached hydrogen (secondary N) is 1. The first-order chi connectivity index (χ1) is 10.9. The maximum Gasteiger partial charge on any atom is 0.244 e. The van der Waals surface area contributed by atoms with E-state index in [1.165, 1.54) is 18.2 Å². The molecule has 0 aliphatic heterocycles. The van der Waals surface area contributed by atoms with Crippen molar-refractivity contribution in [2.75, 3.05) is 0 Å². The minimum absolute atomic E-state index is 0.0465. The standard InChI is InChI=1S/C16H16ClNO4S/c1-10-3-2-4-13(17)16(10)22-12-7-8-14(19)15(9-12)23(20,21)18-11-5-6-11/h2-4,7-9,11,18-19H,5-6H2,1H3. The van der Waals surface area contributed by atoms with Gasteiger partial charge in [0.2, 0.25) is 10.0 Å². The minimum Gasteiger partial charge on any atom is -0.507 e. The second-order valence-corrected chi connectivity index (χ2v) is 7.60. The molecule has 0 radical (unpaired) electrons. The number of phenols is 1. The lowest BCUT2D eigenvalue weighted by Gasteiger charge is -2.13. The SMILES string of the molecule is Cc1cccc(Cl)c1Oc1ccc(O)c(S(=O)(=O)NC2CC2)c1. The molecule has 0 saturated heterocycles. The lowest BCUT2D eigenvalue weighted by atomic mass is 10.2. The van der Waals surface area contributed by atoms with Crippen LogP contribution in [0.15, 0.2) is 41.3 Å². The Balaban J connectivity index is 1.94. The molecule has 2 aromatic rings. The van der Waals surface area contributed by atoms with Gasteiger partial charge in [-0.2, -0.15) is 0 Å². The second kappa shape index (κ2) is 6.03. The molecule has 122 valence electrons. The molecule has 2 aromatic carbocycles. The number of aromatic hydroxyl groups is 1. The first kappa shape index (κ1) is 16.1. The summed E-state index contributed by atoms with van der Waals surface area (Å²) in [7, 11) is -3.78. The predicted molar refractivity (Wildman–Crippen MR) is 87.7 cm³/mol. The van der Waals surface area contributed by atoms with Gasteiger partial charge < -0.3 is 9.84 Å². The number of hydrogen-bond acceptors (Lipinski definition) is 4. The zero-order valence-electron chi connectivity index (χ0n) is 12.4. The Labute approximate surface area is 139 Å². The van der Waals surface area contributed by atoms with Crippen molar-refractivity contribution in [2.24, 2.45) is 0 Å². The van der Waals surface area contributed by atoms with Gasteiger partial charge in [0.25, 0.3) is 0 Å². The molecule has 2 N–H and O–H groups in total. The predicted octanol–water partition coefficient (Wildman–Crippen LogP) is 3.59. The lowest BCUT2D eigenvalue weighted by Crippen LogP contribution is -2.25. The van der Waals surface area contributed by atoms with E-state index < -0.39 is 10.0 Å². The van der Waals surface area contributed by atoms with Gasteiger partial charge in [0.05, 0.1) is 5.02 Å². The summed E-state index contributed by atoms with van der Waals surface area (Å²) in [4.78, 5) is -0.202. The Hall–Kier alpha value is -1.76. The minimum atomic E-state index is -3.78. The van der Waals surface area contributed by atoms with Crippen LogP contribution >= 0.6 is 11.6 Å². The highest BCUT2D eigenvalue weighted by Crippen LogP contribution is 2.35. The fourth-order valence-corrected chi connectivity index (χ4v) is 3.80. The Kier molecular flexibility index (Phi) is 4.23. The van der Waals surface area contributed by atoms with Crippen molar-refractivity contribution in [1.82, 2.24) is 4.72 Å². The molecular weight excluding hydrogens is 338 g/mol. The van der Waals surface area contributed by atoms with Crippen molar-refractivity contribution < 1.29 is 18.3 Å². The molecule has 0 amide bonds. The Bertz CT molecular complexity index is 827. The van der Waals surface area contributed by atoms with E-state index in [9.17, 15) is 13.5 Å².